The molecule has 2 aromatic carbocycles. The van der Waals surface area contributed by atoms with Crippen LogP contribution in [0.25, 0.3) is 0 Å². The van der Waals surface area contributed by atoms with Crippen LogP contribution in [-0.4, -0.2) is 13.0 Å². The number of rotatable bonds is 3. The number of amides is 1. The van der Waals surface area contributed by atoms with Crippen molar-refractivity contribution >= 4 is 23.2 Å². The summed E-state index contributed by atoms with van der Waals surface area (Å²) in [4.78, 5) is 12.1. The molecule has 4 heteroatoms. The van der Waals surface area contributed by atoms with E-state index in [-0.39, 0.29) is 5.91 Å². The first-order valence-electron chi connectivity index (χ1n) is 5.81. The number of nitrogens with one attached hydrogen (secondary N) is 1. The summed E-state index contributed by atoms with van der Waals surface area (Å²) in [5.41, 5.74) is 2.26. The number of hydrogen-bond acceptors (Lipinski definition) is 2. The molecule has 0 radical (unpaired) electrons. The molecule has 19 heavy (non-hydrogen) atoms. The van der Waals surface area contributed by atoms with Gasteiger partial charge in [-0.1, -0.05) is 11.6 Å². The molecule has 0 aromatic heterocycles. The van der Waals surface area contributed by atoms with E-state index in [4.69, 9.17) is 16.3 Å². The summed E-state index contributed by atoms with van der Waals surface area (Å²) in [6.07, 6.45) is 0. The molecule has 1 N–H and O–H groups in total. The summed E-state index contributed by atoms with van der Waals surface area (Å²) in [5.74, 6) is 0.562. The lowest BCUT2D eigenvalue weighted by Gasteiger charge is -2.09. The monoisotopic (exact) mass is 275 g/mol. The maximum atomic E-state index is 12.1. The molecule has 0 bridgehead atoms. The molecule has 98 valence electrons. The Bertz CT molecular complexity index is 594. The summed E-state index contributed by atoms with van der Waals surface area (Å²) in [6.45, 7) is 1.90. The first-order chi connectivity index (χ1) is 9.10. The lowest BCUT2D eigenvalue weighted by Crippen LogP contribution is -2.12. The number of carbonyl (C=O) groups excluding carboxylic acids is 1. The number of ether oxygens (including phenoxy) is 1. The smallest absolute Gasteiger partial charge is 0.255 e. The van der Waals surface area contributed by atoms with Gasteiger partial charge in [0.1, 0.15) is 5.75 Å². The number of anilines is 1. The second-order valence-corrected chi connectivity index (χ2v) is 4.58. The van der Waals surface area contributed by atoms with Gasteiger partial charge >= 0.3 is 0 Å². The van der Waals surface area contributed by atoms with Crippen molar-refractivity contribution in [2.45, 2.75) is 6.92 Å². The van der Waals surface area contributed by atoms with Crippen molar-refractivity contribution in [2.75, 3.05) is 12.4 Å². The highest BCUT2D eigenvalue weighted by Gasteiger charge is 2.08. The van der Waals surface area contributed by atoms with Crippen molar-refractivity contribution in [1.82, 2.24) is 0 Å². The number of halogens is 1. The molecule has 0 aliphatic carbocycles. The zero-order chi connectivity index (χ0) is 13.8. The van der Waals surface area contributed by atoms with Crippen LogP contribution in [0.4, 0.5) is 5.69 Å². The van der Waals surface area contributed by atoms with Crippen molar-refractivity contribution in [3.8, 4) is 5.75 Å². The quantitative estimate of drug-likeness (QED) is 0.922. The van der Waals surface area contributed by atoms with Crippen LogP contribution in [0.15, 0.2) is 42.5 Å². The Morgan fingerprint density at radius 2 is 1.84 bits per heavy atom. The molecule has 0 spiro atoms. The average Bonchev–Trinajstić information content (AvgIpc) is 2.42. The van der Waals surface area contributed by atoms with Gasteiger partial charge in [-0.3, -0.25) is 4.79 Å². The lowest BCUT2D eigenvalue weighted by molar-refractivity contribution is 0.102. The third-order valence-corrected chi connectivity index (χ3v) is 3.02. The third kappa shape index (κ3) is 3.26. The predicted octanol–water partition coefficient (Wildman–Crippen LogP) is 3.91. The van der Waals surface area contributed by atoms with Crippen molar-refractivity contribution < 1.29 is 9.53 Å². The summed E-state index contributed by atoms with van der Waals surface area (Å²) < 4.78 is 5.05. The van der Waals surface area contributed by atoms with Crippen LogP contribution >= 0.6 is 11.6 Å². The van der Waals surface area contributed by atoms with Gasteiger partial charge in [0.2, 0.25) is 0 Å². The van der Waals surface area contributed by atoms with Gasteiger partial charge in [-0.2, -0.15) is 0 Å². The Morgan fingerprint density at radius 3 is 2.42 bits per heavy atom. The van der Waals surface area contributed by atoms with Crippen molar-refractivity contribution in [3.63, 3.8) is 0 Å². The van der Waals surface area contributed by atoms with Gasteiger partial charge in [-0.05, 0) is 55.0 Å². The van der Waals surface area contributed by atoms with E-state index in [2.05, 4.69) is 5.32 Å². The second-order valence-electron chi connectivity index (χ2n) is 4.14. The molecule has 0 unspecified atom stereocenters. The minimum Gasteiger partial charge on any atom is -0.497 e. The van der Waals surface area contributed by atoms with Crippen LogP contribution in [0.3, 0.4) is 0 Å². The van der Waals surface area contributed by atoms with Gasteiger partial charge < -0.3 is 10.1 Å². The Balaban J connectivity index is 2.15. The van der Waals surface area contributed by atoms with E-state index in [0.29, 0.717) is 10.6 Å². The van der Waals surface area contributed by atoms with Gasteiger partial charge in [-0.15, -0.1) is 0 Å². The van der Waals surface area contributed by atoms with Crippen molar-refractivity contribution in [1.29, 1.82) is 0 Å². The number of aryl methyl sites for hydroxylation is 1. The van der Waals surface area contributed by atoms with Crippen LogP contribution in [0.2, 0.25) is 5.02 Å². The number of methoxy groups -OCH3 is 1. The fourth-order valence-electron chi connectivity index (χ4n) is 1.70. The summed E-state index contributed by atoms with van der Waals surface area (Å²) >= 11 is 5.88. The highest BCUT2D eigenvalue weighted by Crippen LogP contribution is 2.20. The number of benzene rings is 2. The molecule has 0 fully saturated rings. The molecule has 0 aliphatic rings. The first kappa shape index (κ1) is 13.4. The molecular weight excluding hydrogens is 262 g/mol. The highest BCUT2D eigenvalue weighted by molar-refractivity contribution is 6.30. The number of carbonyl (C=O) groups is 1. The Kier molecular flexibility index (Phi) is 4.07. The highest BCUT2D eigenvalue weighted by atomic mass is 35.5. The van der Waals surface area contributed by atoms with E-state index in [1.807, 2.05) is 13.0 Å². The van der Waals surface area contributed by atoms with Crippen LogP contribution in [0.5, 0.6) is 5.75 Å². The minimum absolute atomic E-state index is 0.159. The van der Waals surface area contributed by atoms with E-state index >= 15 is 0 Å². The maximum absolute atomic E-state index is 12.1. The molecule has 0 saturated carbocycles. The van der Waals surface area contributed by atoms with Gasteiger partial charge in [0, 0.05) is 16.3 Å². The molecule has 0 atom stereocenters. The van der Waals surface area contributed by atoms with Gasteiger partial charge in [0.25, 0.3) is 5.91 Å². The van der Waals surface area contributed by atoms with Gasteiger partial charge in [0.15, 0.2) is 0 Å². The standard InChI is InChI=1S/C15H14ClNO2/c1-10-9-12(16)5-8-14(10)17-15(18)11-3-6-13(19-2)7-4-11/h3-9H,1-2H3,(H,17,18). The van der Waals surface area contributed by atoms with Crippen LogP contribution in [0, 0.1) is 6.92 Å². The summed E-state index contributed by atoms with van der Waals surface area (Å²) in [5, 5.41) is 3.51. The van der Waals surface area contributed by atoms with Crippen LogP contribution in [-0.2, 0) is 0 Å². The number of hydrogen-bond donors (Lipinski definition) is 1. The zero-order valence-electron chi connectivity index (χ0n) is 10.7. The summed E-state index contributed by atoms with van der Waals surface area (Å²) in [7, 11) is 1.59. The largest absolute Gasteiger partial charge is 0.497 e. The minimum atomic E-state index is -0.159. The zero-order valence-corrected chi connectivity index (χ0v) is 11.5. The van der Waals surface area contributed by atoms with Crippen LogP contribution < -0.4 is 10.1 Å². The predicted molar refractivity (Wildman–Crippen MR) is 77.1 cm³/mol. The fraction of sp³-hybridized carbons (Fsp3) is 0.133. The van der Waals surface area contributed by atoms with Crippen molar-refractivity contribution in [3.05, 3.63) is 58.6 Å². The topological polar surface area (TPSA) is 38.3 Å². The van der Waals surface area contributed by atoms with Gasteiger partial charge in [-0.25, -0.2) is 0 Å². The average molecular weight is 276 g/mol. The lowest BCUT2D eigenvalue weighted by atomic mass is 10.1. The fourth-order valence-corrected chi connectivity index (χ4v) is 1.93. The molecule has 0 aliphatic heterocycles. The third-order valence-electron chi connectivity index (χ3n) is 2.79. The Morgan fingerprint density at radius 1 is 1.16 bits per heavy atom. The van der Waals surface area contributed by atoms with E-state index < -0.39 is 0 Å². The Labute approximate surface area is 117 Å². The SMILES string of the molecule is COc1ccc(C(=O)Nc2ccc(Cl)cc2C)cc1. The molecule has 3 nitrogen and oxygen atoms in total. The van der Waals surface area contributed by atoms with Crippen molar-refractivity contribution in [2.24, 2.45) is 0 Å². The molecule has 0 saturated heterocycles. The molecular formula is C15H14ClNO2. The summed E-state index contributed by atoms with van der Waals surface area (Å²) in [6, 6.07) is 12.3. The normalized spacial score (nSPS) is 10.1. The van der Waals surface area contributed by atoms with E-state index in [1.54, 1.807) is 43.5 Å². The van der Waals surface area contributed by atoms with Crippen LogP contribution in [0.1, 0.15) is 15.9 Å². The van der Waals surface area contributed by atoms with E-state index in [9.17, 15) is 4.79 Å². The molecule has 0 heterocycles. The molecule has 1 amide bonds. The second kappa shape index (κ2) is 5.76. The van der Waals surface area contributed by atoms with Gasteiger partial charge in [0.05, 0.1) is 7.11 Å². The van der Waals surface area contributed by atoms with E-state index in [1.165, 1.54) is 0 Å². The molecule has 2 rings (SSSR count). The molecule has 2 aromatic rings. The Hall–Kier alpha value is -2.00. The maximum Gasteiger partial charge on any atom is 0.255 e. The first-order valence-corrected chi connectivity index (χ1v) is 6.19. The van der Waals surface area contributed by atoms with E-state index in [0.717, 1.165) is 17.0 Å².